The molecule has 8 rings (SSSR count). The van der Waals surface area contributed by atoms with Crippen LogP contribution in [0.1, 0.15) is 33.4 Å². The lowest BCUT2D eigenvalue weighted by molar-refractivity contribution is 0.808. The van der Waals surface area contributed by atoms with Crippen molar-refractivity contribution in [2.45, 2.75) is 19.3 Å². The summed E-state index contributed by atoms with van der Waals surface area (Å²) in [5.74, 6) is 0. The van der Waals surface area contributed by atoms with Gasteiger partial charge in [0.15, 0.2) is 0 Å². The summed E-state index contributed by atoms with van der Waals surface area (Å²) in [6.07, 6.45) is 0. The Labute approximate surface area is 205 Å². The van der Waals surface area contributed by atoms with E-state index >= 15 is 0 Å². The maximum absolute atomic E-state index is 2.40. The summed E-state index contributed by atoms with van der Waals surface area (Å²) >= 11 is 0. The second-order valence-electron chi connectivity index (χ2n) is 10.3. The topological polar surface area (TPSA) is 0 Å². The van der Waals surface area contributed by atoms with Gasteiger partial charge in [0.1, 0.15) is 0 Å². The molecule has 0 bridgehead atoms. The van der Waals surface area contributed by atoms with Crippen LogP contribution in [0.3, 0.4) is 0 Å². The van der Waals surface area contributed by atoms with Crippen LogP contribution in [0.15, 0.2) is 109 Å². The fourth-order valence-corrected chi connectivity index (χ4v) is 7.04. The lowest BCUT2D eigenvalue weighted by Gasteiger charge is -2.32. The zero-order valence-electron chi connectivity index (χ0n) is 19.9. The van der Waals surface area contributed by atoms with Gasteiger partial charge in [-0.1, -0.05) is 120 Å². The number of benzene rings is 6. The van der Waals surface area contributed by atoms with E-state index in [4.69, 9.17) is 0 Å². The predicted octanol–water partition coefficient (Wildman–Crippen LogP) is 8.95. The van der Waals surface area contributed by atoms with Gasteiger partial charge in [0.25, 0.3) is 0 Å². The van der Waals surface area contributed by atoms with E-state index in [0.717, 1.165) is 0 Å². The van der Waals surface area contributed by atoms with Crippen molar-refractivity contribution < 1.29 is 0 Å². The van der Waals surface area contributed by atoms with Gasteiger partial charge in [0.2, 0.25) is 0 Å². The highest BCUT2D eigenvalue weighted by Gasteiger charge is 2.53. The van der Waals surface area contributed by atoms with Crippen molar-refractivity contribution in [2.24, 2.45) is 0 Å². The first-order chi connectivity index (χ1) is 17.2. The molecule has 164 valence electrons. The predicted molar refractivity (Wildman–Crippen MR) is 147 cm³/mol. The minimum atomic E-state index is -0.333. The minimum absolute atomic E-state index is 0.333. The lowest BCUT2D eigenvalue weighted by Crippen LogP contribution is -2.26. The van der Waals surface area contributed by atoms with Gasteiger partial charge in [0.05, 0.1) is 5.41 Å². The Hall–Kier alpha value is -4.16. The average Bonchev–Trinajstić information content (AvgIpc) is 3.35. The van der Waals surface area contributed by atoms with E-state index in [1.54, 1.807) is 0 Å². The van der Waals surface area contributed by atoms with Gasteiger partial charge in [-0.2, -0.15) is 0 Å². The van der Waals surface area contributed by atoms with E-state index in [1.165, 1.54) is 77.2 Å². The molecule has 2 aliphatic rings. The first-order valence-electron chi connectivity index (χ1n) is 12.5. The molecule has 0 N–H and O–H groups in total. The van der Waals surface area contributed by atoms with Gasteiger partial charge in [-0.3, -0.25) is 0 Å². The molecule has 0 fully saturated rings. The van der Waals surface area contributed by atoms with Crippen LogP contribution in [-0.4, -0.2) is 0 Å². The highest BCUT2D eigenvalue weighted by atomic mass is 14.5. The molecule has 0 saturated heterocycles. The summed E-state index contributed by atoms with van der Waals surface area (Å²) in [6.45, 7) is 4.40. The standard InChI is InChI=1S/C35H24/c1-21-11-15-26-24(19-21)14-17-29-30-20-22(2)12-18-32(30)35(34(26)29)31-10-6-5-9-27(31)28-16-13-23-7-3-4-8-25(23)33(28)35/h3-20H,1-2H3. The molecule has 0 amide bonds. The maximum atomic E-state index is 2.40. The van der Waals surface area contributed by atoms with E-state index < -0.39 is 0 Å². The molecule has 1 spiro atoms. The van der Waals surface area contributed by atoms with E-state index in [2.05, 4.69) is 123 Å². The number of hydrogen-bond acceptors (Lipinski definition) is 0. The second kappa shape index (κ2) is 6.49. The van der Waals surface area contributed by atoms with Gasteiger partial charge >= 0.3 is 0 Å². The molecular weight excluding hydrogens is 420 g/mol. The summed E-state index contributed by atoms with van der Waals surface area (Å²) in [6, 6.07) is 41.4. The number of aryl methyl sites for hydroxylation is 2. The van der Waals surface area contributed by atoms with Crippen molar-refractivity contribution >= 4 is 21.5 Å². The molecule has 0 heterocycles. The largest absolute Gasteiger partial charge is 0.0737 e. The fourth-order valence-electron chi connectivity index (χ4n) is 7.04. The van der Waals surface area contributed by atoms with Crippen molar-refractivity contribution in [3.63, 3.8) is 0 Å². The van der Waals surface area contributed by atoms with Gasteiger partial charge < -0.3 is 0 Å². The maximum Gasteiger partial charge on any atom is 0.0737 e. The van der Waals surface area contributed by atoms with Gasteiger partial charge in [-0.15, -0.1) is 0 Å². The van der Waals surface area contributed by atoms with Crippen LogP contribution >= 0.6 is 0 Å². The summed E-state index contributed by atoms with van der Waals surface area (Å²) in [5, 5.41) is 5.33. The Morgan fingerprint density at radius 2 is 1.06 bits per heavy atom. The lowest BCUT2D eigenvalue weighted by atomic mass is 9.68. The Kier molecular flexibility index (Phi) is 3.56. The Bertz CT molecular complexity index is 1870. The molecule has 0 heteroatoms. The molecule has 1 atom stereocenters. The van der Waals surface area contributed by atoms with Crippen LogP contribution in [0, 0.1) is 13.8 Å². The molecule has 0 radical (unpaired) electrons. The van der Waals surface area contributed by atoms with Crippen molar-refractivity contribution in [3.8, 4) is 22.3 Å². The third kappa shape index (κ3) is 2.23. The molecular formula is C35H24. The first kappa shape index (κ1) is 19.2. The van der Waals surface area contributed by atoms with Crippen LogP contribution in [0.2, 0.25) is 0 Å². The van der Waals surface area contributed by atoms with Crippen LogP contribution in [0.25, 0.3) is 43.8 Å². The van der Waals surface area contributed by atoms with Crippen LogP contribution in [0.5, 0.6) is 0 Å². The molecule has 0 nitrogen and oxygen atoms in total. The van der Waals surface area contributed by atoms with E-state index in [-0.39, 0.29) is 5.41 Å². The van der Waals surface area contributed by atoms with Crippen LogP contribution < -0.4 is 0 Å². The van der Waals surface area contributed by atoms with Gasteiger partial charge in [-0.05, 0) is 79.9 Å². The molecule has 1 unspecified atom stereocenters. The highest BCUT2D eigenvalue weighted by Crippen LogP contribution is 2.65. The van der Waals surface area contributed by atoms with E-state index in [1.807, 2.05) is 0 Å². The molecule has 0 saturated carbocycles. The Morgan fingerprint density at radius 3 is 1.94 bits per heavy atom. The molecule has 0 aliphatic heterocycles. The first-order valence-corrected chi connectivity index (χ1v) is 12.5. The monoisotopic (exact) mass is 444 g/mol. The molecule has 35 heavy (non-hydrogen) atoms. The van der Waals surface area contributed by atoms with Crippen molar-refractivity contribution in [2.75, 3.05) is 0 Å². The third-order valence-electron chi connectivity index (χ3n) is 8.34. The number of fused-ring (bicyclic) bond motifs is 14. The average molecular weight is 445 g/mol. The molecule has 0 aromatic heterocycles. The molecule has 6 aromatic rings. The second-order valence-corrected chi connectivity index (χ2v) is 10.3. The zero-order chi connectivity index (χ0) is 23.3. The number of hydrogen-bond donors (Lipinski definition) is 0. The summed E-state index contributed by atoms with van der Waals surface area (Å²) in [5.41, 5.74) is 13.4. The summed E-state index contributed by atoms with van der Waals surface area (Å²) in [4.78, 5) is 0. The van der Waals surface area contributed by atoms with E-state index in [0.29, 0.717) is 0 Å². The SMILES string of the molecule is Cc1ccc2c(c1)-c1ccc3cc(C)ccc3c1C21c2ccccc2-c2ccc3ccccc3c21. The van der Waals surface area contributed by atoms with Crippen molar-refractivity contribution in [3.05, 3.63) is 143 Å². The van der Waals surface area contributed by atoms with Gasteiger partial charge in [-0.25, -0.2) is 0 Å². The van der Waals surface area contributed by atoms with Crippen LogP contribution in [-0.2, 0) is 5.41 Å². The van der Waals surface area contributed by atoms with Crippen molar-refractivity contribution in [1.82, 2.24) is 0 Å². The minimum Gasteiger partial charge on any atom is -0.0619 e. The fraction of sp³-hybridized carbons (Fsp3) is 0.0857. The van der Waals surface area contributed by atoms with Crippen molar-refractivity contribution in [1.29, 1.82) is 0 Å². The third-order valence-corrected chi connectivity index (χ3v) is 8.34. The van der Waals surface area contributed by atoms with Gasteiger partial charge in [0, 0.05) is 0 Å². The molecule has 2 aliphatic carbocycles. The summed E-state index contributed by atoms with van der Waals surface area (Å²) in [7, 11) is 0. The van der Waals surface area contributed by atoms with E-state index in [9.17, 15) is 0 Å². The quantitative estimate of drug-likeness (QED) is 0.219. The summed E-state index contributed by atoms with van der Waals surface area (Å²) < 4.78 is 0. The Morgan fingerprint density at radius 1 is 0.429 bits per heavy atom. The zero-order valence-corrected chi connectivity index (χ0v) is 19.9. The highest BCUT2D eigenvalue weighted by molar-refractivity contribution is 6.08. The Balaban J connectivity index is 1.68. The smallest absolute Gasteiger partial charge is 0.0619 e. The molecule has 6 aromatic carbocycles. The normalized spacial score (nSPS) is 17.0. The van der Waals surface area contributed by atoms with Crippen LogP contribution in [0.4, 0.5) is 0 Å². The number of rotatable bonds is 0.